The topological polar surface area (TPSA) is 17.1 Å². The standard InChI is InChI=1S/C12H18OSi/c1-10(2)12(13)14(3,4)11-8-6-5-7-9-11/h5-10H,1-4H3. The predicted octanol–water partition coefficient (Wildman–Crippen LogP) is 2.37. The van der Waals surface area contributed by atoms with Crippen LogP contribution >= 0.6 is 0 Å². The van der Waals surface area contributed by atoms with Crippen LogP contribution in [0.1, 0.15) is 13.8 Å². The molecule has 0 amide bonds. The van der Waals surface area contributed by atoms with Gasteiger partial charge in [0.25, 0.3) is 0 Å². The van der Waals surface area contributed by atoms with Gasteiger partial charge >= 0.3 is 0 Å². The second kappa shape index (κ2) is 4.09. The Morgan fingerprint density at radius 2 is 1.64 bits per heavy atom. The van der Waals surface area contributed by atoms with Gasteiger partial charge in [-0.1, -0.05) is 62.5 Å². The van der Waals surface area contributed by atoms with E-state index in [1.807, 2.05) is 32.0 Å². The van der Waals surface area contributed by atoms with Gasteiger partial charge in [0.05, 0.1) is 0 Å². The van der Waals surface area contributed by atoms with E-state index in [1.54, 1.807) is 0 Å². The first-order valence-electron chi connectivity index (χ1n) is 5.06. The van der Waals surface area contributed by atoms with Crippen molar-refractivity contribution in [2.75, 3.05) is 0 Å². The molecule has 0 fully saturated rings. The highest BCUT2D eigenvalue weighted by Crippen LogP contribution is 2.10. The van der Waals surface area contributed by atoms with Gasteiger partial charge in [0.15, 0.2) is 8.07 Å². The normalized spacial score (nSPS) is 11.8. The molecule has 0 aliphatic rings. The summed E-state index contributed by atoms with van der Waals surface area (Å²) < 4.78 is 0. The van der Waals surface area contributed by atoms with Crippen molar-refractivity contribution in [3.05, 3.63) is 30.3 Å². The number of hydrogen-bond acceptors (Lipinski definition) is 1. The van der Waals surface area contributed by atoms with Crippen LogP contribution in [0.2, 0.25) is 13.1 Å². The number of hydrogen-bond donors (Lipinski definition) is 0. The summed E-state index contributed by atoms with van der Waals surface area (Å²) in [6, 6.07) is 10.2. The molecule has 0 aromatic heterocycles. The Balaban J connectivity index is 3.02. The summed E-state index contributed by atoms with van der Waals surface area (Å²) in [6.07, 6.45) is 0. The number of benzene rings is 1. The molecule has 1 rings (SSSR count). The Kier molecular flexibility index (Phi) is 3.27. The minimum absolute atomic E-state index is 0.150. The van der Waals surface area contributed by atoms with Crippen LogP contribution in [0.3, 0.4) is 0 Å². The maximum atomic E-state index is 12.0. The first kappa shape index (κ1) is 11.2. The lowest BCUT2D eigenvalue weighted by Crippen LogP contribution is -2.51. The molecule has 0 bridgehead atoms. The zero-order valence-corrected chi connectivity index (χ0v) is 10.4. The lowest BCUT2D eigenvalue weighted by atomic mass is 10.3. The Hall–Kier alpha value is -0.893. The van der Waals surface area contributed by atoms with Crippen LogP contribution in [-0.2, 0) is 4.79 Å². The zero-order valence-electron chi connectivity index (χ0n) is 9.37. The highest BCUT2D eigenvalue weighted by molar-refractivity contribution is 7.13. The third kappa shape index (κ3) is 2.12. The van der Waals surface area contributed by atoms with Crippen LogP contribution in [-0.4, -0.2) is 13.5 Å². The van der Waals surface area contributed by atoms with E-state index in [9.17, 15) is 4.79 Å². The molecule has 0 aliphatic heterocycles. The quantitative estimate of drug-likeness (QED) is 0.694. The highest BCUT2D eigenvalue weighted by Gasteiger charge is 2.33. The fourth-order valence-electron chi connectivity index (χ4n) is 1.72. The van der Waals surface area contributed by atoms with Gasteiger partial charge in [-0.15, -0.1) is 0 Å². The summed E-state index contributed by atoms with van der Waals surface area (Å²) in [5.41, 5.74) is 0. The minimum Gasteiger partial charge on any atom is -0.305 e. The molecule has 0 unspecified atom stereocenters. The second-order valence-electron chi connectivity index (χ2n) is 4.51. The van der Waals surface area contributed by atoms with E-state index in [-0.39, 0.29) is 5.92 Å². The van der Waals surface area contributed by atoms with Gasteiger partial charge in [0, 0.05) is 5.92 Å². The maximum Gasteiger partial charge on any atom is 0.157 e. The summed E-state index contributed by atoms with van der Waals surface area (Å²) in [5, 5.41) is 1.67. The molecule has 1 aromatic carbocycles. The Morgan fingerprint density at radius 3 is 2.07 bits per heavy atom. The highest BCUT2D eigenvalue weighted by atomic mass is 28.3. The monoisotopic (exact) mass is 206 g/mol. The van der Waals surface area contributed by atoms with Crippen LogP contribution in [0.15, 0.2) is 30.3 Å². The van der Waals surface area contributed by atoms with Gasteiger partial charge in [-0.05, 0) is 0 Å². The fourth-order valence-corrected chi connectivity index (χ4v) is 4.47. The zero-order chi connectivity index (χ0) is 10.8. The molecule has 0 aliphatic carbocycles. The maximum absolute atomic E-state index is 12.0. The average Bonchev–Trinajstić information content (AvgIpc) is 2.18. The van der Waals surface area contributed by atoms with Gasteiger partial charge in [-0.3, -0.25) is 0 Å². The van der Waals surface area contributed by atoms with Crippen LogP contribution in [0, 0.1) is 5.92 Å². The Morgan fingerprint density at radius 1 is 1.14 bits per heavy atom. The van der Waals surface area contributed by atoms with Gasteiger partial charge in [0.2, 0.25) is 0 Å². The van der Waals surface area contributed by atoms with Gasteiger partial charge in [0.1, 0.15) is 5.41 Å². The molecule has 0 saturated heterocycles. The molecule has 1 aromatic rings. The molecule has 0 radical (unpaired) electrons. The molecule has 0 N–H and O–H groups in total. The van der Waals surface area contributed by atoms with E-state index >= 15 is 0 Å². The van der Waals surface area contributed by atoms with E-state index in [2.05, 4.69) is 25.2 Å². The molecule has 0 atom stereocenters. The molecule has 76 valence electrons. The lowest BCUT2D eigenvalue weighted by Gasteiger charge is -2.23. The average molecular weight is 206 g/mol. The van der Waals surface area contributed by atoms with Crippen molar-refractivity contribution in [3.63, 3.8) is 0 Å². The second-order valence-corrected chi connectivity index (χ2v) is 8.83. The van der Waals surface area contributed by atoms with E-state index in [4.69, 9.17) is 0 Å². The van der Waals surface area contributed by atoms with E-state index < -0.39 is 8.07 Å². The molecule has 2 heteroatoms. The Bertz CT molecular complexity index is 314. The van der Waals surface area contributed by atoms with E-state index in [1.165, 1.54) is 5.19 Å². The lowest BCUT2D eigenvalue weighted by molar-refractivity contribution is -0.115. The largest absolute Gasteiger partial charge is 0.305 e. The van der Waals surface area contributed by atoms with E-state index in [0.717, 1.165) is 0 Å². The van der Waals surface area contributed by atoms with Crippen LogP contribution in [0.5, 0.6) is 0 Å². The van der Waals surface area contributed by atoms with Gasteiger partial charge in [-0.25, -0.2) is 0 Å². The smallest absolute Gasteiger partial charge is 0.157 e. The molecule has 14 heavy (non-hydrogen) atoms. The van der Waals surface area contributed by atoms with E-state index in [0.29, 0.717) is 5.41 Å². The van der Waals surface area contributed by atoms with Crippen LogP contribution in [0.25, 0.3) is 0 Å². The van der Waals surface area contributed by atoms with Gasteiger partial charge in [-0.2, -0.15) is 0 Å². The third-order valence-corrected chi connectivity index (χ3v) is 6.22. The first-order valence-corrected chi connectivity index (χ1v) is 8.06. The third-order valence-electron chi connectivity index (χ3n) is 2.64. The summed E-state index contributed by atoms with van der Waals surface area (Å²) in [6.45, 7) is 8.23. The SMILES string of the molecule is CC(C)C(=O)[Si](C)(C)c1ccccc1. The summed E-state index contributed by atoms with van der Waals surface area (Å²) in [5.74, 6) is 0.150. The number of rotatable bonds is 3. The summed E-state index contributed by atoms with van der Waals surface area (Å²) in [7, 11) is -1.88. The molecule has 0 saturated carbocycles. The first-order chi connectivity index (χ1) is 6.46. The van der Waals surface area contributed by atoms with Crippen molar-refractivity contribution in [1.82, 2.24) is 0 Å². The number of carbonyl (C=O) groups is 1. The number of carbonyl (C=O) groups excluding carboxylic acids is 1. The summed E-state index contributed by atoms with van der Waals surface area (Å²) >= 11 is 0. The molecule has 0 heterocycles. The predicted molar refractivity (Wildman–Crippen MR) is 63.4 cm³/mol. The van der Waals surface area contributed by atoms with Gasteiger partial charge < -0.3 is 4.79 Å². The minimum atomic E-state index is -1.88. The van der Waals surface area contributed by atoms with Crippen molar-refractivity contribution in [3.8, 4) is 0 Å². The van der Waals surface area contributed by atoms with Crippen LogP contribution < -0.4 is 5.19 Å². The van der Waals surface area contributed by atoms with Crippen molar-refractivity contribution in [2.24, 2.45) is 5.92 Å². The molecular formula is C12H18OSi. The van der Waals surface area contributed by atoms with Crippen molar-refractivity contribution >= 4 is 18.7 Å². The molecule has 1 nitrogen and oxygen atoms in total. The van der Waals surface area contributed by atoms with Crippen molar-refractivity contribution in [1.29, 1.82) is 0 Å². The Labute approximate surface area is 87.2 Å². The van der Waals surface area contributed by atoms with Crippen molar-refractivity contribution in [2.45, 2.75) is 26.9 Å². The van der Waals surface area contributed by atoms with Crippen molar-refractivity contribution < 1.29 is 4.79 Å². The summed E-state index contributed by atoms with van der Waals surface area (Å²) in [4.78, 5) is 12.0. The fraction of sp³-hybridized carbons (Fsp3) is 0.417. The van der Waals surface area contributed by atoms with Crippen LogP contribution in [0.4, 0.5) is 0 Å². The molecular weight excluding hydrogens is 188 g/mol. The molecule has 0 spiro atoms.